The van der Waals surface area contributed by atoms with Crippen molar-refractivity contribution in [3.05, 3.63) is 53.9 Å². The van der Waals surface area contributed by atoms with Crippen LogP contribution < -0.4 is 5.14 Å². The molecule has 10 heteroatoms. The summed E-state index contributed by atoms with van der Waals surface area (Å²) >= 11 is 0. The maximum atomic E-state index is 11.6. The molecule has 0 bridgehead atoms. The molecule has 160 valence electrons. The zero-order chi connectivity index (χ0) is 21.6. The molecule has 9 nitrogen and oxygen atoms in total. The van der Waals surface area contributed by atoms with Crippen LogP contribution >= 0.6 is 0 Å². The second-order valence-electron chi connectivity index (χ2n) is 7.79. The van der Waals surface area contributed by atoms with Crippen molar-refractivity contribution in [1.82, 2.24) is 24.5 Å². The Hall–Kier alpha value is -2.95. The lowest BCUT2D eigenvalue weighted by Gasteiger charge is -2.22. The van der Waals surface area contributed by atoms with Crippen LogP contribution in [-0.2, 0) is 21.3 Å². The van der Waals surface area contributed by atoms with Crippen molar-refractivity contribution in [3.8, 4) is 0 Å². The van der Waals surface area contributed by atoms with Crippen LogP contribution in [0.2, 0.25) is 0 Å². The maximum absolute atomic E-state index is 11.6. The van der Waals surface area contributed by atoms with Crippen molar-refractivity contribution < 1.29 is 13.2 Å². The molecule has 4 aromatic heterocycles. The van der Waals surface area contributed by atoms with Gasteiger partial charge in [-0.3, -0.25) is 4.98 Å². The van der Waals surface area contributed by atoms with Crippen LogP contribution in [0.3, 0.4) is 0 Å². The van der Waals surface area contributed by atoms with Crippen LogP contribution in [0.5, 0.6) is 0 Å². The third-order valence-corrected chi connectivity index (χ3v) is 6.53. The van der Waals surface area contributed by atoms with Crippen molar-refractivity contribution in [1.29, 1.82) is 0 Å². The molecule has 1 saturated heterocycles. The Morgan fingerprint density at radius 2 is 1.90 bits per heavy atom. The molecule has 5 heterocycles. The summed E-state index contributed by atoms with van der Waals surface area (Å²) in [4.78, 5) is 18.3. The number of fused-ring (bicyclic) bond motifs is 3. The number of nitrogens with two attached hydrogens (primary N) is 1. The number of hydrogen-bond acceptors (Lipinski definition) is 7. The van der Waals surface area contributed by atoms with Gasteiger partial charge in [-0.25, -0.2) is 28.5 Å². The number of aryl methyl sites for hydroxylation is 1. The summed E-state index contributed by atoms with van der Waals surface area (Å²) in [6.07, 6.45) is 4.84. The molecule has 2 N–H and O–H groups in total. The molecular formula is C21H22N6O3S. The third-order valence-electron chi connectivity index (χ3n) is 5.64. The van der Waals surface area contributed by atoms with Gasteiger partial charge in [0.05, 0.1) is 24.0 Å². The Kier molecular flexibility index (Phi) is 4.92. The van der Waals surface area contributed by atoms with Crippen LogP contribution in [-0.4, -0.2) is 46.1 Å². The molecule has 0 atom stereocenters. The Balaban J connectivity index is 1.67. The van der Waals surface area contributed by atoms with Crippen molar-refractivity contribution in [2.45, 2.75) is 37.1 Å². The first-order valence-electron chi connectivity index (χ1n) is 10.1. The molecule has 1 fully saturated rings. The first-order valence-corrected chi connectivity index (χ1v) is 11.6. The minimum atomic E-state index is -3.79. The number of primary sulfonamides is 1. The predicted octanol–water partition coefficient (Wildman–Crippen LogP) is 2.27. The van der Waals surface area contributed by atoms with E-state index in [2.05, 4.69) is 19.5 Å². The standard InChI is InChI=1S/C21H22N6O3S/c1-13-2-5-17-19-18(11-24-20(17)25-13)26-21(14-6-8-30-9-7-14)27(19)12-15-3-4-16(10-23-15)31(22,28)29/h2-5,10-11,14H,6-9,12H2,1H3,(H2,22,28,29). The Labute approximate surface area is 179 Å². The summed E-state index contributed by atoms with van der Waals surface area (Å²) in [5, 5.41) is 6.13. The quantitative estimate of drug-likeness (QED) is 0.518. The molecule has 0 radical (unpaired) electrons. The lowest BCUT2D eigenvalue weighted by atomic mass is 9.99. The number of nitrogens with zero attached hydrogens (tertiary/aromatic N) is 5. The van der Waals surface area contributed by atoms with Crippen molar-refractivity contribution >= 4 is 32.1 Å². The molecule has 4 aromatic rings. The maximum Gasteiger partial charge on any atom is 0.239 e. The lowest BCUT2D eigenvalue weighted by Crippen LogP contribution is -2.19. The van der Waals surface area contributed by atoms with Crippen LogP contribution in [0.25, 0.3) is 22.1 Å². The van der Waals surface area contributed by atoms with E-state index in [0.29, 0.717) is 31.1 Å². The average Bonchev–Trinajstić information content (AvgIpc) is 3.12. The number of aromatic nitrogens is 5. The average molecular weight is 439 g/mol. The van der Waals surface area contributed by atoms with Gasteiger partial charge in [-0.05, 0) is 44.0 Å². The molecule has 0 amide bonds. The predicted molar refractivity (Wildman–Crippen MR) is 115 cm³/mol. The van der Waals surface area contributed by atoms with E-state index in [1.54, 1.807) is 12.3 Å². The second-order valence-corrected chi connectivity index (χ2v) is 9.35. The van der Waals surface area contributed by atoms with Gasteiger partial charge in [0.1, 0.15) is 16.2 Å². The summed E-state index contributed by atoms with van der Waals surface area (Å²) in [7, 11) is -3.79. The summed E-state index contributed by atoms with van der Waals surface area (Å²) < 4.78 is 30.8. The lowest BCUT2D eigenvalue weighted by molar-refractivity contribution is 0.0830. The summed E-state index contributed by atoms with van der Waals surface area (Å²) in [5.74, 6) is 1.23. The van der Waals surface area contributed by atoms with E-state index in [4.69, 9.17) is 14.9 Å². The van der Waals surface area contributed by atoms with E-state index in [1.165, 1.54) is 12.3 Å². The van der Waals surface area contributed by atoms with E-state index in [0.717, 1.165) is 40.8 Å². The number of ether oxygens (including phenoxy) is 1. The Bertz CT molecular complexity index is 1380. The van der Waals surface area contributed by atoms with Crippen molar-refractivity contribution in [3.63, 3.8) is 0 Å². The van der Waals surface area contributed by atoms with E-state index in [9.17, 15) is 8.42 Å². The molecule has 0 saturated carbocycles. The highest BCUT2D eigenvalue weighted by Crippen LogP contribution is 2.32. The van der Waals surface area contributed by atoms with Gasteiger partial charge in [0.2, 0.25) is 10.0 Å². The number of imidazole rings is 1. The van der Waals surface area contributed by atoms with Crippen LogP contribution in [0.15, 0.2) is 41.6 Å². The highest BCUT2D eigenvalue weighted by molar-refractivity contribution is 7.89. The minimum Gasteiger partial charge on any atom is -0.381 e. The summed E-state index contributed by atoms with van der Waals surface area (Å²) in [5.41, 5.74) is 4.04. The first-order chi connectivity index (χ1) is 14.9. The number of pyridine rings is 3. The van der Waals surface area contributed by atoms with Gasteiger partial charge in [0.15, 0.2) is 5.65 Å². The molecule has 31 heavy (non-hydrogen) atoms. The van der Waals surface area contributed by atoms with Gasteiger partial charge in [0.25, 0.3) is 0 Å². The molecule has 0 aromatic carbocycles. The highest BCUT2D eigenvalue weighted by atomic mass is 32.2. The fourth-order valence-electron chi connectivity index (χ4n) is 4.07. The topological polar surface area (TPSA) is 126 Å². The van der Waals surface area contributed by atoms with E-state index < -0.39 is 10.0 Å². The zero-order valence-electron chi connectivity index (χ0n) is 17.0. The molecular weight excluding hydrogens is 416 g/mol. The van der Waals surface area contributed by atoms with Crippen LogP contribution in [0.1, 0.15) is 36.0 Å². The summed E-state index contributed by atoms with van der Waals surface area (Å²) in [6.45, 7) is 3.79. The van der Waals surface area contributed by atoms with E-state index in [1.807, 2.05) is 19.1 Å². The fraction of sp³-hybridized carbons (Fsp3) is 0.333. The van der Waals surface area contributed by atoms with E-state index in [-0.39, 0.29) is 10.8 Å². The third kappa shape index (κ3) is 3.78. The molecule has 1 aliphatic heterocycles. The Morgan fingerprint density at radius 1 is 1.10 bits per heavy atom. The molecule has 0 unspecified atom stereocenters. The first kappa shape index (κ1) is 20.0. The smallest absolute Gasteiger partial charge is 0.239 e. The van der Waals surface area contributed by atoms with Gasteiger partial charge < -0.3 is 9.30 Å². The minimum absolute atomic E-state index is 0.00860. The number of rotatable bonds is 4. The van der Waals surface area contributed by atoms with Gasteiger partial charge in [-0.2, -0.15) is 0 Å². The van der Waals surface area contributed by atoms with Crippen LogP contribution in [0.4, 0.5) is 0 Å². The zero-order valence-corrected chi connectivity index (χ0v) is 17.8. The largest absolute Gasteiger partial charge is 0.381 e. The van der Waals surface area contributed by atoms with Crippen molar-refractivity contribution in [2.24, 2.45) is 5.14 Å². The molecule has 5 rings (SSSR count). The highest BCUT2D eigenvalue weighted by Gasteiger charge is 2.24. The monoisotopic (exact) mass is 438 g/mol. The summed E-state index contributed by atoms with van der Waals surface area (Å²) in [6, 6.07) is 7.16. The second kappa shape index (κ2) is 7.63. The normalized spacial score (nSPS) is 15.7. The number of sulfonamides is 1. The Morgan fingerprint density at radius 3 is 2.61 bits per heavy atom. The van der Waals surface area contributed by atoms with Gasteiger partial charge in [-0.15, -0.1) is 0 Å². The van der Waals surface area contributed by atoms with Gasteiger partial charge >= 0.3 is 0 Å². The van der Waals surface area contributed by atoms with Gasteiger partial charge in [-0.1, -0.05) is 0 Å². The van der Waals surface area contributed by atoms with Crippen LogP contribution in [0, 0.1) is 6.92 Å². The van der Waals surface area contributed by atoms with Gasteiger partial charge in [0, 0.05) is 36.4 Å². The number of hydrogen-bond donors (Lipinski definition) is 1. The van der Waals surface area contributed by atoms with Crippen molar-refractivity contribution in [2.75, 3.05) is 13.2 Å². The molecule has 0 spiro atoms. The molecule has 0 aliphatic carbocycles. The SMILES string of the molecule is Cc1ccc2c(ncc3nc(C4CCOCC4)n(Cc4ccc(S(N)(=O)=O)cn4)c32)n1. The fourth-order valence-corrected chi connectivity index (χ4v) is 4.53. The molecule has 1 aliphatic rings. The van der Waals surface area contributed by atoms with E-state index >= 15 is 0 Å².